The van der Waals surface area contributed by atoms with Crippen LogP contribution in [0.1, 0.15) is 15.9 Å². The first kappa shape index (κ1) is 12.2. The van der Waals surface area contributed by atoms with Crippen LogP contribution in [-0.4, -0.2) is 22.8 Å². The molecule has 2 rings (SSSR count). The van der Waals surface area contributed by atoms with Crippen molar-refractivity contribution in [3.8, 4) is 5.75 Å². The molecule has 1 N–H and O–H groups in total. The number of ether oxygens (including phenoxy) is 1. The summed E-state index contributed by atoms with van der Waals surface area (Å²) in [5.41, 5.74) is 0.925. The topological polar surface area (TPSA) is 68.5 Å². The number of carbonyl (C=O) groups is 1. The van der Waals surface area contributed by atoms with E-state index in [1.54, 1.807) is 26.1 Å². The number of benzene rings is 1. The van der Waals surface area contributed by atoms with Gasteiger partial charge in [0.1, 0.15) is 5.75 Å². The van der Waals surface area contributed by atoms with Gasteiger partial charge in [-0.2, -0.15) is 0 Å². The zero-order valence-electron chi connectivity index (χ0n) is 10.4. The van der Waals surface area contributed by atoms with Crippen molar-refractivity contribution in [2.45, 2.75) is 6.92 Å². The van der Waals surface area contributed by atoms with Crippen molar-refractivity contribution in [2.75, 3.05) is 7.11 Å². The van der Waals surface area contributed by atoms with E-state index >= 15 is 0 Å². The van der Waals surface area contributed by atoms with Crippen LogP contribution in [0.25, 0.3) is 10.9 Å². The summed E-state index contributed by atoms with van der Waals surface area (Å²) >= 11 is 0. The monoisotopic (exact) mass is 247 g/mol. The lowest BCUT2D eigenvalue weighted by molar-refractivity contribution is 0.0698. The van der Waals surface area contributed by atoms with Crippen LogP contribution in [0.3, 0.4) is 0 Å². The third-order valence-corrected chi connectivity index (χ3v) is 3.00. The smallest absolute Gasteiger partial charge is 0.336 e. The largest absolute Gasteiger partial charge is 0.495 e. The molecule has 18 heavy (non-hydrogen) atoms. The van der Waals surface area contributed by atoms with E-state index in [1.807, 2.05) is 0 Å². The summed E-state index contributed by atoms with van der Waals surface area (Å²) in [7, 11) is 3.08. The van der Waals surface area contributed by atoms with Gasteiger partial charge >= 0.3 is 5.97 Å². The van der Waals surface area contributed by atoms with Crippen LogP contribution < -0.4 is 10.3 Å². The lowest BCUT2D eigenvalue weighted by Crippen LogP contribution is -2.19. The molecule has 1 aromatic heterocycles. The van der Waals surface area contributed by atoms with Crippen molar-refractivity contribution in [3.63, 3.8) is 0 Å². The van der Waals surface area contributed by atoms with Gasteiger partial charge in [0.25, 0.3) is 5.56 Å². The Balaban J connectivity index is 3.11. The average Bonchev–Trinajstić information content (AvgIpc) is 2.33. The average molecular weight is 247 g/mol. The Morgan fingerprint density at radius 1 is 1.39 bits per heavy atom. The van der Waals surface area contributed by atoms with Crippen molar-refractivity contribution in [3.05, 3.63) is 39.7 Å². The maximum Gasteiger partial charge on any atom is 0.336 e. The van der Waals surface area contributed by atoms with E-state index in [0.29, 0.717) is 16.7 Å². The third kappa shape index (κ3) is 1.64. The number of hydrogen-bond donors (Lipinski definition) is 1. The molecule has 0 fully saturated rings. The molecule has 0 aliphatic heterocycles. The fourth-order valence-electron chi connectivity index (χ4n) is 2.08. The van der Waals surface area contributed by atoms with Gasteiger partial charge in [0.2, 0.25) is 0 Å². The minimum absolute atomic E-state index is 0.00417. The van der Waals surface area contributed by atoms with Crippen molar-refractivity contribution in [2.24, 2.45) is 7.05 Å². The molecule has 1 aromatic carbocycles. The van der Waals surface area contributed by atoms with Gasteiger partial charge in [-0.15, -0.1) is 0 Å². The molecule has 0 saturated heterocycles. The molecule has 0 unspecified atom stereocenters. The molecule has 94 valence electrons. The van der Waals surface area contributed by atoms with E-state index in [2.05, 4.69) is 0 Å². The highest BCUT2D eigenvalue weighted by molar-refractivity contribution is 6.05. The summed E-state index contributed by atoms with van der Waals surface area (Å²) in [4.78, 5) is 23.0. The lowest BCUT2D eigenvalue weighted by Gasteiger charge is -2.13. The van der Waals surface area contributed by atoms with E-state index in [-0.39, 0.29) is 11.1 Å². The Kier molecular flexibility index (Phi) is 2.82. The molecule has 2 aromatic rings. The van der Waals surface area contributed by atoms with Gasteiger partial charge in [-0.25, -0.2) is 4.79 Å². The molecule has 0 aliphatic carbocycles. The summed E-state index contributed by atoms with van der Waals surface area (Å²) in [6.07, 6.45) is 0. The fraction of sp³-hybridized carbons (Fsp3) is 0.231. The van der Waals surface area contributed by atoms with Crippen LogP contribution in [0.2, 0.25) is 0 Å². The molecule has 0 aliphatic rings. The molecule has 0 saturated carbocycles. The number of fused-ring (bicyclic) bond motifs is 1. The number of carboxylic acid groups (broad SMARTS) is 1. The fourth-order valence-corrected chi connectivity index (χ4v) is 2.08. The Morgan fingerprint density at radius 3 is 2.61 bits per heavy atom. The molecule has 0 amide bonds. The Morgan fingerprint density at radius 2 is 2.06 bits per heavy atom. The van der Waals surface area contributed by atoms with Gasteiger partial charge in [0, 0.05) is 18.5 Å². The predicted molar refractivity (Wildman–Crippen MR) is 67.4 cm³/mol. The maximum atomic E-state index is 11.8. The van der Waals surface area contributed by atoms with Crippen molar-refractivity contribution >= 4 is 16.9 Å². The molecule has 1 heterocycles. The number of rotatable bonds is 2. The second kappa shape index (κ2) is 4.18. The van der Waals surface area contributed by atoms with E-state index in [4.69, 9.17) is 4.74 Å². The maximum absolute atomic E-state index is 11.8. The normalized spacial score (nSPS) is 10.6. The number of carboxylic acids is 1. The van der Waals surface area contributed by atoms with Crippen LogP contribution in [0.15, 0.2) is 23.0 Å². The second-order valence-corrected chi connectivity index (χ2v) is 4.07. The predicted octanol–water partition coefficient (Wildman–Crippen LogP) is 1.55. The highest BCUT2D eigenvalue weighted by atomic mass is 16.5. The van der Waals surface area contributed by atoms with Crippen molar-refractivity contribution < 1.29 is 14.6 Å². The molecule has 0 bridgehead atoms. The summed E-state index contributed by atoms with van der Waals surface area (Å²) in [6, 6.07) is 4.64. The zero-order valence-corrected chi connectivity index (χ0v) is 10.4. The number of nitrogens with zero attached hydrogens (tertiary/aromatic N) is 1. The number of hydrogen-bond acceptors (Lipinski definition) is 3. The number of aromatic carboxylic acids is 1. The first-order chi connectivity index (χ1) is 8.47. The van der Waals surface area contributed by atoms with Crippen LogP contribution in [0, 0.1) is 6.92 Å². The summed E-state index contributed by atoms with van der Waals surface area (Å²) in [5, 5.41) is 9.73. The summed E-state index contributed by atoms with van der Waals surface area (Å²) in [6.45, 7) is 1.80. The number of aromatic nitrogens is 1. The Labute approximate surface area is 103 Å². The van der Waals surface area contributed by atoms with E-state index < -0.39 is 5.97 Å². The standard InChI is InChI=1S/C13H13NO4/c1-7-4-5-9(18-3)12-11(7)8(13(16)17)6-10(15)14(12)2/h4-6H,1-3H3,(H,16,17). The SMILES string of the molecule is COc1ccc(C)c2c(C(=O)O)cc(=O)n(C)c12. The number of pyridine rings is 1. The summed E-state index contributed by atoms with van der Waals surface area (Å²) in [5.74, 6) is -0.632. The molecule has 0 spiro atoms. The summed E-state index contributed by atoms with van der Waals surface area (Å²) < 4.78 is 6.60. The Bertz CT molecular complexity index is 700. The minimum atomic E-state index is -1.12. The van der Waals surface area contributed by atoms with Gasteiger partial charge in [0.05, 0.1) is 18.2 Å². The minimum Gasteiger partial charge on any atom is -0.495 e. The van der Waals surface area contributed by atoms with E-state index in [1.165, 1.54) is 11.7 Å². The zero-order chi connectivity index (χ0) is 13.4. The molecule has 5 heteroatoms. The molecule has 5 nitrogen and oxygen atoms in total. The van der Waals surface area contributed by atoms with Crippen LogP contribution in [-0.2, 0) is 7.05 Å². The molecule has 0 atom stereocenters. The Hall–Kier alpha value is -2.30. The van der Waals surface area contributed by atoms with Gasteiger partial charge in [0.15, 0.2) is 0 Å². The molecule has 0 radical (unpaired) electrons. The van der Waals surface area contributed by atoms with Gasteiger partial charge in [-0.3, -0.25) is 4.79 Å². The first-order valence-electron chi connectivity index (χ1n) is 5.38. The van der Waals surface area contributed by atoms with Gasteiger partial charge in [-0.05, 0) is 18.6 Å². The van der Waals surface area contributed by atoms with Crippen LogP contribution in [0.5, 0.6) is 5.75 Å². The third-order valence-electron chi connectivity index (χ3n) is 3.00. The highest BCUT2D eigenvalue weighted by Gasteiger charge is 2.17. The van der Waals surface area contributed by atoms with E-state index in [0.717, 1.165) is 11.6 Å². The lowest BCUT2D eigenvalue weighted by atomic mass is 10.0. The molecular weight excluding hydrogens is 234 g/mol. The van der Waals surface area contributed by atoms with Crippen LogP contribution in [0.4, 0.5) is 0 Å². The first-order valence-corrected chi connectivity index (χ1v) is 5.38. The van der Waals surface area contributed by atoms with Gasteiger partial charge in [-0.1, -0.05) is 6.07 Å². The molecular formula is C13H13NO4. The van der Waals surface area contributed by atoms with Crippen LogP contribution >= 0.6 is 0 Å². The highest BCUT2D eigenvalue weighted by Crippen LogP contribution is 2.29. The second-order valence-electron chi connectivity index (χ2n) is 4.07. The number of methoxy groups -OCH3 is 1. The van der Waals surface area contributed by atoms with Gasteiger partial charge < -0.3 is 14.4 Å². The van der Waals surface area contributed by atoms with E-state index in [9.17, 15) is 14.7 Å². The quantitative estimate of drug-likeness (QED) is 0.874. The van der Waals surface area contributed by atoms with Crippen molar-refractivity contribution in [1.82, 2.24) is 4.57 Å². The van der Waals surface area contributed by atoms with Crippen molar-refractivity contribution in [1.29, 1.82) is 0 Å². The number of aryl methyl sites for hydroxylation is 2.